The summed E-state index contributed by atoms with van der Waals surface area (Å²) in [6.07, 6.45) is 1.78. The molecule has 0 atom stereocenters. The van der Waals surface area contributed by atoms with Gasteiger partial charge >= 0.3 is 0 Å². The minimum atomic E-state index is -0.436. The first-order valence-corrected chi connectivity index (χ1v) is 9.22. The number of amides is 1. The van der Waals surface area contributed by atoms with E-state index in [0.29, 0.717) is 26.9 Å². The largest absolute Gasteiger partial charge is 0.306 e. The Balaban J connectivity index is 1.65. The van der Waals surface area contributed by atoms with E-state index < -0.39 is 4.92 Å². The lowest BCUT2D eigenvalue weighted by atomic mass is 10.1. The zero-order valence-corrected chi connectivity index (χ0v) is 15.9. The topological polar surface area (TPSA) is 102 Å². The van der Waals surface area contributed by atoms with Gasteiger partial charge in [0.25, 0.3) is 11.6 Å². The van der Waals surface area contributed by atoms with E-state index in [1.807, 2.05) is 30.4 Å². The Morgan fingerprint density at radius 1 is 1.18 bits per heavy atom. The molecule has 0 saturated carbocycles. The minimum Gasteiger partial charge on any atom is -0.306 e. The summed E-state index contributed by atoms with van der Waals surface area (Å²) in [4.78, 5) is 33.2. The Kier molecular flexibility index (Phi) is 4.36. The van der Waals surface area contributed by atoms with Gasteiger partial charge < -0.3 is 5.32 Å². The van der Waals surface area contributed by atoms with Crippen molar-refractivity contribution < 1.29 is 9.72 Å². The van der Waals surface area contributed by atoms with Crippen LogP contribution in [0.4, 0.5) is 11.5 Å². The maximum atomic E-state index is 12.6. The number of carbonyl (C=O) groups excluding carboxylic acids is 1. The van der Waals surface area contributed by atoms with Crippen LogP contribution in [-0.4, -0.2) is 25.2 Å². The lowest BCUT2D eigenvalue weighted by molar-refractivity contribution is -0.384. The number of nitrogens with zero attached hydrogens (tertiary/aromatic N) is 4. The zero-order valence-electron chi connectivity index (χ0n) is 15.0. The number of rotatable bonds is 4. The number of nitrogens with one attached hydrogen (secondary N) is 1. The molecule has 9 heteroatoms. The molecule has 0 spiro atoms. The summed E-state index contributed by atoms with van der Waals surface area (Å²) in [5.41, 5.74) is 2.84. The first-order chi connectivity index (χ1) is 13.4. The highest BCUT2D eigenvalue weighted by Gasteiger charge is 2.19. The first kappa shape index (κ1) is 17.8. The Morgan fingerprint density at radius 2 is 1.96 bits per heavy atom. The van der Waals surface area contributed by atoms with Crippen molar-refractivity contribution in [2.75, 3.05) is 5.32 Å². The molecule has 0 aliphatic rings. The van der Waals surface area contributed by atoms with E-state index in [9.17, 15) is 14.9 Å². The van der Waals surface area contributed by atoms with Gasteiger partial charge in [0.2, 0.25) is 0 Å². The maximum absolute atomic E-state index is 12.6. The highest BCUT2D eigenvalue weighted by atomic mass is 32.1. The van der Waals surface area contributed by atoms with Crippen LogP contribution in [0.3, 0.4) is 0 Å². The van der Waals surface area contributed by atoms with Crippen LogP contribution in [0.1, 0.15) is 21.1 Å². The molecular weight excluding hydrogens is 378 g/mol. The molecule has 28 heavy (non-hydrogen) atoms. The van der Waals surface area contributed by atoms with Crippen LogP contribution in [-0.2, 0) is 0 Å². The molecule has 4 rings (SSSR count). The van der Waals surface area contributed by atoms with E-state index in [1.54, 1.807) is 24.4 Å². The van der Waals surface area contributed by atoms with Gasteiger partial charge in [0.1, 0.15) is 10.7 Å². The number of aromatic nitrogens is 3. The number of thiazole rings is 1. The van der Waals surface area contributed by atoms with Crippen LogP contribution < -0.4 is 5.32 Å². The molecule has 0 bridgehead atoms. The molecule has 0 aliphatic heterocycles. The lowest BCUT2D eigenvalue weighted by Gasteiger charge is -2.04. The van der Waals surface area contributed by atoms with Crippen molar-refractivity contribution in [3.05, 3.63) is 75.0 Å². The summed E-state index contributed by atoms with van der Waals surface area (Å²) in [5.74, 6) is 0.246. The molecular formula is C19H15N5O3S. The van der Waals surface area contributed by atoms with Crippen LogP contribution in [0.5, 0.6) is 0 Å². The molecule has 0 fully saturated rings. The van der Waals surface area contributed by atoms with Crippen molar-refractivity contribution in [3.8, 4) is 11.3 Å². The van der Waals surface area contributed by atoms with Crippen molar-refractivity contribution in [1.29, 1.82) is 0 Å². The Bertz CT molecular complexity index is 1230. The van der Waals surface area contributed by atoms with Gasteiger partial charge in [0.05, 0.1) is 10.6 Å². The monoisotopic (exact) mass is 393 g/mol. The van der Waals surface area contributed by atoms with Crippen molar-refractivity contribution >= 4 is 33.7 Å². The summed E-state index contributed by atoms with van der Waals surface area (Å²) in [6, 6.07) is 11.7. The fourth-order valence-corrected chi connectivity index (χ4v) is 3.87. The third-order valence-electron chi connectivity index (χ3n) is 4.25. The van der Waals surface area contributed by atoms with Crippen LogP contribution in [0.15, 0.2) is 48.7 Å². The molecule has 1 aromatic carbocycles. The average Bonchev–Trinajstić information content (AvgIpc) is 3.21. The van der Waals surface area contributed by atoms with Gasteiger partial charge in [0.15, 0.2) is 4.96 Å². The standard InChI is InChI=1S/C19H15N5O3S/c1-11-5-3-8-16(20-11)22-18(25)17-12(2)23-10-15(21-19(23)28-17)13-6-4-7-14(9-13)24(26)27/h3-10H,1-2H3,(H,20,22,25). The molecule has 0 aliphatic carbocycles. The van der Waals surface area contributed by atoms with E-state index in [2.05, 4.69) is 15.3 Å². The smallest absolute Gasteiger partial charge is 0.270 e. The van der Waals surface area contributed by atoms with Crippen LogP contribution >= 0.6 is 11.3 Å². The van der Waals surface area contributed by atoms with Gasteiger partial charge in [0, 0.05) is 35.3 Å². The number of hydrogen-bond donors (Lipinski definition) is 1. The Morgan fingerprint density at radius 3 is 2.68 bits per heavy atom. The van der Waals surface area contributed by atoms with Crippen molar-refractivity contribution in [2.45, 2.75) is 13.8 Å². The SMILES string of the molecule is Cc1cccc(NC(=O)c2sc3nc(-c4cccc([N+](=O)[O-])c4)cn3c2C)n1. The number of nitro benzene ring substituents is 1. The number of carbonyl (C=O) groups is 1. The summed E-state index contributed by atoms with van der Waals surface area (Å²) in [5, 5.41) is 13.8. The second-order valence-electron chi connectivity index (χ2n) is 6.22. The molecule has 0 saturated heterocycles. The fraction of sp³-hybridized carbons (Fsp3) is 0.105. The number of non-ortho nitro benzene ring substituents is 1. The number of pyridine rings is 1. The van der Waals surface area contributed by atoms with Crippen molar-refractivity contribution in [2.24, 2.45) is 0 Å². The normalized spacial score (nSPS) is 10.9. The molecule has 3 heterocycles. The minimum absolute atomic E-state index is 0.0105. The maximum Gasteiger partial charge on any atom is 0.270 e. The highest BCUT2D eigenvalue weighted by molar-refractivity contribution is 7.19. The van der Waals surface area contributed by atoms with E-state index >= 15 is 0 Å². The molecule has 1 amide bonds. The van der Waals surface area contributed by atoms with Gasteiger partial charge in [-0.25, -0.2) is 9.97 Å². The van der Waals surface area contributed by atoms with Crippen LogP contribution in [0, 0.1) is 24.0 Å². The number of hydrogen-bond acceptors (Lipinski definition) is 6. The number of benzene rings is 1. The predicted octanol–water partition coefficient (Wildman–Crippen LogP) is 4.24. The third-order valence-corrected chi connectivity index (χ3v) is 5.40. The fourth-order valence-electron chi connectivity index (χ4n) is 2.86. The van der Waals surface area contributed by atoms with Crippen molar-refractivity contribution in [1.82, 2.24) is 14.4 Å². The van der Waals surface area contributed by atoms with Gasteiger partial charge in [-0.2, -0.15) is 0 Å². The van der Waals surface area contributed by atoms with Gasteiger partial charge in [-0.3, -0.25) is 19.3 Å². The summed E-state index contributed by atoms with van der Waals surface area (Å²) in [7, 11) is 0. The Hall–Kier alpha value is -3.59. The molecule has 3 aromatic heterocycles. The molecule has 4 aromatic rings. The molecule has 8 nitrogen and oxygen atoms in total. The summed E-state index contributed by atoms with van der Waals surface area (Å²) in [6.45, 7) is 3.69. The molecule has 0 unspecified atom stereocenters. The first-order valence-electron chi connectivity index (χ1n) is 8.41. The van der Waals surface area contributed by atoms with Crippen molar-refractivity contribution in [3.63, 3.8) is 0 Å². The second-order valence-corrected chi connectivity index (χ2v) is 7.20. The number of anilines is 1. The average molecular weight is 393 g/mol. The predicted molar refractivity (Wildman–Crippen MR) is 107 cm³/mol. The molecule has 0 radical (unpaired) electrons. The van der Waals surface area contributed by atoms with E-state index in [0.717, 1.165) is 11.4 Å². The highest BCUT2D eigenvalue weighted by Crippen LogP contribution is 2.29. The number of nitro groups is 1. The van der Waals surface area contributed by atoms with Gasteiger partial charge in [-0.15, -0.1) is 0 Å². The number of fused-ring (bicyclic) bond motifs is 1. The van der Waals surface area contributed by atoms with E-state index in [4.69, 9.17) is 0 Å². The van der Waals surface area contributed by atoms with Crippen LogP contribution in [0.25, 0.3) is 16.2 Å². The number of aryl methyl sites for hydroxylation is 2. The number of imidazole rings is 1. The quantitative estimate of drug-likeness (QED) is 0.413. The van der Waals surface area contributed by atoms with E-state index in [-0.39, 0.29) is 11.6 Å². The zero-order chi connectivity index (χ0) is 19.8. The summed E-state index contributed by atoms with van der Waals surface area (Å²) < 4.78 is 1.82. The van der Waals surface area contributed by atoms with Gasteiger partial charge in [-0.1, -0.05) is 29.5 Å². The van der Waals surface area contributed by atoms with Gasteiger partial charge in [-0.05, 0) is 26.0 Å². The Labute approximate surface area is 163 Å². The van der Waals surface area contributed by atoms with Crippen LogP contribution in [0.2, 0.25) is 0 Å². The second kappa shape index (κ2) is 6.86. The molecule has 1 N–H and O–H groups in total. The third kappa shape index (κ3) is 3.23. The van der Waals surface area contributed by atoms with E-state index in [1.165, 1.54) is 23.5 Å². The summed E-state index contributed by atoms with van der Waals surface area (Å²) >= 11 is 1.26. The molecule has 140 valence electrons. The lowest BCUT2D eigenvalue weighted by Crippen LogP contribution is -2.13.